The van der Waals surface area contributed by atoms with E-state index in [1.54, 1.807) is 11.3 Å². The summed E-state index contributed by atoms with van der Waals surface area (Å²) in [5.74, 6) is 0. The number of aryl methyl sites for hydroxylation is 2. The van der Waals surface area contributed by atoms with Gasteiger partial charge in [-0.25, -0.2) is 0 Å². The summed E-state index contributed by atoms with van der Waals surface area (Å²) in [5, 5.41) is 10.1. The van der Waals surface area contributed by atoms with Crippen LogP contribution in [-0.4, -0.2) is 10.2 Å². The first-order chi connectivity index (χ1) is 10.2. The van der Waals surface area contributed by atoms with E-state index >= 15 is 0 Å². The van der Waals surface area contributed by atoms with Crippen molar-refractivity contribution in [3.8, 4) is 10.6 Å². The number of nitrogens with zero attached hydrogens (tertiary/aromatic N) is 2. The molecule has 1 aromatic heterocycles. The van der Waals surface area contributed by atoms with Gasteiger partial charge in [-0.15, -0.1) is 21.8 Å². The summed E-state index contributed by atoms with van der Waals surface area (Å²) < 4.78 is 0. The van der Waals surface area contributed by atoms with Crippen LogP contribution in [0.15, 0.2) is 48.5 Å². The van der Waals surface area contributed by atoms with Crippen molar-refractivity contribution in [2.75, 3.05) is 0 Å². The molecule has 0 N–H and O–H groups in total. The van der Waals surface area contributed by atoms with Crippen LogP contribution in [0.3, 0.4) is 0 Å². The Morgan fingerprint density at radius 3 is 2.24 bits per heavy atom. The third kappa shape index (κ3) is 2.85. The Hall–Kier alpha value is -1.71. The summed E-state index contributed by atoms with van der Waals surface area (Å²) in [4.78, 5) is 0. The zero-order valence-corrected chi connectivity index (χ0v) is 13.4. The number of halogens is 1. The smallest absolute Gasteiger partial charge is 0.141 e. The topological polar surface area (TPSA) is 25.8 Å². The maximum absolute atomic E-state index is 6.52. The molecule has 3 rings (SSSR count). The number of aromatic nitrogens is 2. The number of benzene rings is 2. The maximum atomic E-state index is 6.52. The Morgan fingerprint density at radius 1 is 0.905 bits per heavy atom. The van der Waals surface area contributed by atoms with Gasteiger partial charge in [-0.2, -0.15) is 0 Å². The molecule has 0 saturated carbocycles. The molecule has 1 heterocycles. The van der Waals surface area contributed by atoms with Crippen LogP contribution < -0.4 is 0 Å². The Morgan fingerprint density at radius 2 is 1.57 bits per heavy atom. The van der Waals surface area contributed by atoms with Gasteiger partial charge in [-0.05, 0) is 30.5 Å². The van der Waals surface area contributed by atoms with Gasteiger partial charge in [0.25, 0.3) is 0 Å². The van der Waals surface area contributed by atoms with Gasteiger partial charge in [-0.1, -0.05) is 59.9 Å². The van der Waals surface area contributed by atoms with Crippen LogP contribution in [0.25, 0.3) is 10.6 Å². The Kier molecular flexibility index (Phi) is 4.04. The van der Waals surface area contributed by atoms with Crippen molar-refractivity contribution in [3.05, 3.63) is 70.2 Å². The molecule has 0 amide bonds. The molecule has 1 unspecified atom stereocenters. The van der Waals surface area contributed by atoms with E-state index in [2.05, 4.69) is 42.2 Å². The first kappa shape index (κ1) is 14.2. The monoisotopic (exact) mass is 314 g/mol. The van der Waals surface area contributed by atoms with E-state index in [4.69, 9.17) is 11.6 Å². The second kappa shape index (κ2) is 5.96. The summed E-state index contributed by atoms with van der Waals surface area (Å²) in [6.07, 6.45) is 0. The van der Waals surface area contributed by atoms with Crippen molar-refractivity contribution in [2.24, 2.45) is 0 Å². The Labute approximate surface area is 133 Å². The summed E-state index contributed by atoms with van der Waals surface area (Å²) in [6, 6.07) is 16.2. The van der Waals surface area contributed by atoms with E-state index < -0.39 is 0 Å². The van der Waals surface area contributed by atoms with Gasteiger partial charge in [0.05, 0.1) is 0 Å². The van der Waals surface area contributed by atoms with E-state index in [0.717, 1.165) is 21.1 Å². The molecular weight excluding hydrogens is 300 g/mol. The van der Waals surface area contributed by atoms with Gasteiger partial charge in [0.15, 0.2) is 0 Å². The second-order valence-electron chi connectivity index (χ2n) is 4.99. The summed E-state index contributed by atoms with van der Waals surface area (Å²) in [7, 11) is 0. The summed E-state index contributed by atoms with van der Waals surface area (Å²) >= 11 is 8.08. The average Bonchev–Trinajstić information content (AvgIpc) is 2.97. The highest BCUT2D eigenvalue weighted by molar-refractivity contribution is 7.15. The van der Waals surface area contributed by atoms with Crippen molar-refractivity contribution < 1.29 is 0 Å². The van der Waals surface area contributed by atoms with E-state index in [9.17, 15) is 0 Å². The standard InChI is InChI=1S/C17H15ClN2S/c1-11-7-6-8-12(2)14(11)16-19-20-17(21-16)15(18)13-9-4-3-5-10-13/h3-10,15H,1-2H3. The third-order valence-electron chi connectivity index (χ3n) is 3.44. The lowest BCUT2D eigenvalue weighted by atomic mass is 10.0. The molecular formula is C17H15ClN2S. The lowest BCUT2D eigenvalue weighted by Crippen LogP contribution is -1.91. The van der Waals surface area contributed by atoms with Crippen LogP contribution in [0.4, 0.5) is 0 Å². The molecule has 0 saturated heterocycles. The minimum absolute atomic E-state index is 0.248. The van der Waals surface area contributed by atoms with Crippen LogP contribution in [0, 0.1) is 13.8 Å². The van der Waals surface area contributed by atoms with Crippen molar-refractivity contribution in [3.63, 3.8) is 0 Å². The first-order valence-electron chi connectivity index (χ1n) is 6.76. The zero-order chi connectivity index (χ0) is 14.8. The molecule has 21 heavy (non-hydrogen) atoms. The number of hydrogen-bond acceptors (Lipinski definition) is 3. The molecule has 0 spiro atoms. The fourth-order valence-corrected chi connectivity index (χ4v) is 3.70. The molecule has 0 aliphatic rings. The van der Waals surface area contributed by atoms with Crippen molar-refractivity contribution in [2.45, 2.75) is 19.2 Å². The van der Waals surface area contributed by atoms with Gasteiger partial charge in [0, 0.05) is 5.56 Å². The predicted molar refractivity (Wildman–Crippen MR) is 89.0 cm³/mol. The van der Waals surface area contributed by atoms with E-state index in [1.165, 1.54) is 11.1 Å². The summed E-state index contributed by atoms with van der Waals surface area (Å²) in [6.45, 7) is 4.19. The zero-order valence-electron chi connectivity index (χ0n) is 11.9. The normalized spacial score (nSPS) is 12.3. The molecule has 0 aliphatic carbocycles. The van der Waals surface area contributed by atoms with Crippen LogP contribution in [0.5, 0.6) is 0 Å². The molecule has 0 bridgehead atoms. The minimum atomic E-state index is -0.248. The molecule has 0 aliphatic heterocycles. The Balaban J connectivity index is 1.97. The van der Waals surface area contributed by atoms with Crippen molar-refractivity contribution in [1.82, 2.24) is 10.2 Å². The predicted octanol–water partition coefficient (Wildman–Crippen LogP) is 5.15. The molecule has 0 radical (unpaired) electrons. The maximum Gasteiger partial charge on any atom is 0.148 e. The van der Waals surface area contributed by atoms with Gasteiger partial charge in [0.2, 0.25) is 0 Å². The van der Waals surface area contributed by atoms with Crippen molar-refractivity contribution >= 4 is 22.9 Å². The van der Waals surface area contributed by atoms with E-state index in [1.807, 2.05) is 30.3 Å². The highest BCUT2D eigenvalue weighted by Crippen LogP contribution is 2.35. The number of alkyl halides is 1. The largest absolute Gasteiger partial charge is 0.148 e. The molecule has 3 aromatic rings. The fourth-order valence-electron chi connectivity index (χ4n) is 2.35. The molecule has 4 heteroatoms. The van der Waals surface area contributed by atoms with E-state index in [0.29, 0.717) is 0 Å². The molecule has 1 atom stereocenters. The van der Waals surface area contributed by atoms with Gasteiger partial charge in [-0.3, -0.25) is 0 Å². The summed E-state index contributed by atoms with van der Waals surface area (Å²) in [5.41, 5.74) is 4.63. The van der Waals surface area contributed by atoms with Crippen LogP contribution >= 0.6 is 22.9 Å². The first-order valence-corrected chi connectivity index (χ1v) is 8.01. The highest BCUT2D eigenvalue weighted by Gasteiger charge is 2.18. The quantitative estimate of drug-likeness (QED) is 0.625. The lowest BCUT2D eigenvalue weighted by Gasteiger charge is -2.06. The van der Waals surface area contributed by atoms with Crippen LogP contribution in [0.1, 0.15) is 27.1 Å². The van der Waals surface area contributed by atoms with Gasteiger partial charge in [0.1, 0.15) is 15.4 Å². The minimum Gasteiger partial charge on any atom is -0.141 e. The average molecular weight is 315 g/mol. The number of rotatable bonds is 3. The van der Waals surface area contributed by atoms with Gasteiger partial charge < -0.3 is 0 Å². The SMILES string of the molecule is Cc1cccc(C)c1-c1nnc(C(Cl)c2ccccc2)s1. The molecule has 106 valence electrons. The highest BCUT2D eigenvalue weighted by atomic mass is 35.5. The molecule has 2 nitrogen and oxygen atoms in total. The van der Waals surface area contributed by atoms with Crippen molar-refractivity contribution in [1.29, 1.82) is 0 Å². The third-order valence-corrected chi connectivity index (χ3v) is 5.04. The van der Waals surface area contributed by atoms with Gasteiger partial charge >= 0.3 is 0 Å². The lowest BCUT2D eigenvalue weighted by molar-refractivity contribution is 0.987. The fraction of sp³-hybridized carbons (Fsp3) is 0.176. The second-order valence-corrected chi connectivity index (χ2v) is 6.43. The molecule has 0 fully saturated rings. The Bertz CT molecular complexity index is 732. The van der Waals surface area contributed by atoms with Crippen LogP contribution in [0.2, 0.25) is 0 Å². The van der Waals surface area contributed by atoms with Crippen LogP contribution in [-0.2, 0) is 0 Å². The van der Waals surface area contributed by atoms with E-state index in [-0.39, 0.29) is 5.38 Å². The molecule has 2 aromatic carbocycles. The number of hydrogen-bond donors (Lipinski definition) is 0.